The maximum atomic E-state index is 13.0. The van der Waals surface area contributed by atoms with Gasteiger partial charge in [0.05, 0.1) is 18.8 Å². The molecule has 1 aliphatic rings. The number of amides is 1. The van der Waals surface area contributed by atoms with E-state index in [-0.39, 0.29) is 22.9 Å². The maximum Gasteiger partial charge on any atom is 0.415 e. The number of benzene rings is 2. The zero-order chi connectivity index (χ0) is 19.2. The summed E-state index contributed by atoms with van der Waals surface area (Å²) in [6.45, 7) is 1.75. The highest BCUT2D eigenvalue weighted by Gasteiger charge is 2.21. The van der Waals surface area contributed by atoms with Crippen LogP contribution in [0.2, 0.25) is 5.02 Å². The maximum absolute atomic E-state index is 13.0. The Morgan fingerprint density at radius 3 is 2.52 bits per heavy atom. The third-order valence-electron chi connectivity index (χ3n) is 3.97. The molecule has 1 saturated heterocycles. The van der Waals surface area contributed by atoms with E-state index in [4.69, 9.17) is 21.1 Å². The Balaban J connectivity index is 1.77. The second-order valence-electron chi connectivity index (χ2n) is 5.86. The van der Waals surface area contributed by atoms with Crippen molar-refractivity contribution in [2.75, 3.05) is 26.3 Å². The van der Waals surface area contributed by atoms with E-state index >= 15 is 0 Å². The largest absolute Gasteiger partial charge is 0.415 e. The van der Waals surface area contributed by atoms with E-state index in [0.717, 1.165) is 0 Å². The van der Waals surface area contributed by atoms with Gasteiger partial charge in [0.2, 0.25) is 0 Å². The lowest BCUT2D eigenvalue weighted by molar-refractivity contribution is 0.0415. The predicted octanol–water partition coefficient (Wildman–Crippen LogP) is 4.21. The molecule has 0 aromatic heterocycles. The number of ether oxygens (including phenoxy) is 2. The second-order valence-corrected chi connectivity index (χ2v) is 6.29. The number of hydrogen-bond donors (Lipinski definition) is 0. The van der Waals surface area contributed by atoms with Gasteiger partial charge < -0.3 is 14.4 Å². The number of halogens is 2. The van der Waals surface area contributed by atoms with Gasteiger partial charge in [0, 0.05) is 18.1 Å². The van der Waals surface area contributed by atoms with Gasteiger partial charge in [-0.3, -0.25) is 4.79 Å². The van der Waals surface area contributed by atoms with Gasteiger partial charge in [-0.25, -0.2) is 9.18 Å². The van der Waals surface area contributed by atoms with Crippen LogP contribution in [0.25, 0.3) is 6.08 Å². The van der Waals surface area contributed by atoms with Crippen LogP contribution >= 0.6 is 11.6 Å². The van der Waals surface area contributed by atoms with Crippen molar-refractivity contribution in [1.29, 1.82) is 0 Å². The smallest absolute Gasteiger partial charge is 0.409 e. The predicted molar refractivity (Wildman–Crippen MR) is 99.6 cm³/mol. The summed E-state index contributed by atoms with van der Waals surface area (Å²) in [4.78, 5) is 26.4. The highest BCUT2D eigenvalue weighted by atomic mass is 35.5. The standard InChI is InChI=1S/C20H17ClFNO4/c21-15-4-8-19(27-20(25)23-9-11-26-12-10-23)17(13-15)18(24)7-3-14-1-5-16(22)6-2-14/h1-8,13H,9-12H2/b7-3+. The van der Waals surface area contributed by atoms with Gasteiger partial charge in [0.25, 0.3) is 0 Å². The SMILES string of the molecule is O=C(/C=C/c1ccc(F)cc1)c1cc(Cl)ccc1OC(=O)N1CCOCC1. The Morgan fingerprint density at radius 2 is 1.81 bits per heavy atom. The van der Waals surface area contributed by atoms with Crippen molar-refractivity contribution in [2.24, 2.45) is 0 Å². The molecule has 2 aromatic rings. The van der Waals surface area contributed by atoms with E-state index < -0.39 is 6.09 Å². The zero-order valence-corrected chi connectivity index (χ0v) is 15.1. The topological polar surface area (TPSA) is 55.8 Å². The first-order valence-electron chi connectivity index (χ1n) is 8.35. The van der Waals surface area contributed by atoms with Crippen LogP contribution in [0, 0.1) is 5.82 Å². The van der Waals surface area contributed by atoms with Crippen LogP contribution in [0.15, 0.2) is 48.5 Å². The van der Waals surface area contributed by atoms with Crippen molar-refractivity contribution < 1.29 is 23.5 Å². The summed E-state index contributed by atoms with van der Waals surface area (Å²) in [5.41, 5.74) is 0.834. The summed E-state index contributed by atoms with van der Waals surface area (Å²) in [6.07, 6.45) is 2.33. The van der Waals surface area contributed by atoms with Crippen molar-refractivity contribution in [1.82, 2.24) is 4.90 Å². The van der Waals surface area contributed by atoms with Gasteiger partial charge in [-0.1, -0.05) is 29.8 Å². The minimum Gasteiger partial charge on any atom is -0.409 e. The molecule has 5 nitrogen and oxygen atoms in total. The first-order chi connectivity index (χ1) is 13.0. The number of carbonyl (C=O) groups excluding carboxylic acids is 2. The number of nitrogens with zero attached hydrogens (tertiary/aromatic N) is 1. The second kappa shape index (κ2) is 8.79. The normalized spacial score (nSPS) is 14.4. The van der Waals surface area contributed by atoms with Crippen LogP contribution in [0.5, 0.6) is 5.75 Å². The molecule has 0 aliphatic carbocycles. The first-order valence-corrected chi connectivity index (χ1v) is 8.73. The average molecular weight is 390 g/mol. The molecular formula is C20H17ClFNO4. The van der Waals surface area contributed by atoms with Crippen LogP contribution in [-0.2, 0) is 4.74 Å². The van der Waals surface area contributed by atoms with Gasteiger partial charge in [-0.2, -0.15) is 0 Å². The quantitative estimate of drug-likeness (QED) is 0.580. The van der Waals surface area contributed by atoms with E-state index in [1.807, 2.05) is 0 Å². The third-order valence-corrected chi connectivity index (χ3v) is 4.21. The molecule has 0 radical (unpaired) electrons. The third kappa shape index (κ3) is 5.15. The van der Waals surface area contributed by atoms with Gasteiger partial charge in [0.1, 0.15) is 11.6 Å². The molecule has 0 bridgehead atoms. The lowest BCUT2D eigenvalue weighted by Crippen LogP contribution is -2.42. The Bertz CT molecular complexity index is 861. The molecule has 1 amide bonds. The molecule has 140 valence electrons. The molecule has 7 heteroatoms. The summed E-state index contributed by atoms with van der Waals surface area (Å²) in [7, 11) is 0. The Morgan fingerprint density at radius 1 is 1.11 bits per heavy atom. The molecule has 0 saturated carbocycles. The van der Waals surface area contributed by atoms with E-state index in [1.54, 1.807) is 24.3 Å². The van der Waals surface area contributed by atoms with E-state index in [0.29, 0.717) is 36.9 Å². The monoisotopic (exact) mass is 389 g/mol. The molecular weight excluding hydrogens is 373 g/mol. The molecule has 1 fully saturated rings. The fourth-order valence-electron chi connectivity index (χ4n) is 2.52. The van der Waals surface area contributed by atoms with Gasteiger partial charge in [-0.15, -0.1) is 0 Å². The van der Waals surface area contributed by atoms with Crippen LogP contribution < -0.4 is 4.74 Å². The lowest BCUT2D eigenvalue weighted by Gasteiger charge is -2.26. The minimum absolute atomic E-state index is 0.129. The highest BCUT2D eigenvalue weighted by Crippen LogP contribution is 2.25. The Hall–Kier alpha value is -2.70. The summed E-state index contributed by atoms with van der Waals surface area (Å²) in [5, 5.41) is 0.347. The van der Waals surface area contributed by atoms with Gasteiger partial charge >= 0.3 is 6.09 Å². The molecule has 2 aromatic carbocycles. The van der Waals surface area contributed by atoms with Crippen molar-refractivity contribution in [3.05, 3.63) is 70.5 Å². The van der Waals surface area contributed by atoms with Crippen LogP contribution in [-0.4, -0.2) is 43.1 Å². The number of rotatable bonds is 4. The minimum atomic E-state index is -0.544. The fourth-order valence-corrected chi connectivity index (χ4v) is 2.70. The number of carbonyl (C=O) groups is 2. The fraction of sp³-hybridized carbons (Fsp3) is 0.200. The van der Waals surface area contributed by atoms with Crippen LogP contribution in [0.4, 0.5) is 9.18 Å². The number of ketones is 1. The molecule has 0 atom stereocenters. The Labute approximate surface area is 160 Å². The van der Waals surface area contributed by atoms with Crippen molar-refractivity contribution >= 4 is 29.6 Å². The summed E-state index contributed by atoms with van der Waals surface area (Å²) in [6, 6.07) is 10.2. The molecule has 27 heavy (non-hydrogen) atoms. The van der Waals surface area contributed by atoms with E-state index in [1.165, 1.54) is 35.2 Å². The summed E-state index contributed by atoms with van der Waals surface area (Å²) >= 11 is 6.00. The molecule has 0 spiro atoms. The van der Waals surface area contributed by atoms with Crippen molar-refractivity contribution in [2.45, 2.75) is 0 Å². The number of hydrogen-bond acceptors (Lipinski definition) is 4. The molecule has 0 unspecified atom stereocenters. The van der Waals surface area contributed by atoms with E-state index in [2.05, 4.69) is 0 Å². The highest BCUT2D eigenvalue weighted by molar-refractivity contribution is 6.31. The molecule has 1 heterocycles. The molecule has 0 N–H and O–H groups in total. The van der Waals surface area contributed by atoms with E-state index in [9.17, 15) is 14.0 Å². The number of allylic oxidation sites excluding steroid dienone is 1. The Kier molecular flexibility index (Phi) is 6.21. The van der Waals surface area contributed by atoms with Crippen molar-refractivity contribution in [3.63, 3.8) is 0 Å². The summed E-state index contributed by atoms with van der Waals surface area (Å²) in [5.74, 6) is -0.609. The lowest BCUT2D eigenvalue weighted by atomic mass is 10.1. The van der Waals surface area contributed by atoms with Crippen LogP contribution in [0.1, 0.15) is 15.9 Å². The van der Waals surface area contributed by atoms with Gasteiger partial charge in [-0.05, 0) is 42.0 Å². The summed E-state index contributed by atoms with van der Waals surface area (Å²) < 4.78 is 23.6. The average Bonchev–Trinajstić information content (AvgIpc) is 2.69. The van der Waals surface area contributed by atoms with Crippen molar-refractivity contribution in [3.8, 4) is 5.75 Å². The number of morpholine rings is 1. The molecule has 3 rings (SSSR count). The van der Waals surface area contributed by atoms with Crippen LogP contribution in [0.3, 0.4) is 0 Å². The zero-order valence-electron chi connectivity index (χ0n) is 14.4. The first kappa shape index (κ1) is 19.1. The van der Waals surface area contributed by atoms with Gasteiger partial charge in [0.15, 0.2) is 5.78 Å². The molecule has 1 aliphatic heterocycles.